The van der Waals surface area contributed by atoms with Crippen LogP contribution in [0.25, 0.3) is 6.08 Å². The normalized spacial score (nSPS) is 15.7. The number of rotatable bonds is 4. The van der Waals surface area contributed by atoms with Crippen LogP contribution in [0.2, 0.25) is 0 Å². The average molecular weight is 445 g/mol. The number of urea groups is 1. The highest BCUT2D eigenvalue weighted by molar-refractivity contribution is 9.10. The van der Waals surface area contributed by atoms with Gasteiger partial charge in [0.05, 0.1) is 10.2 Å². The number of nitrogens with zero attached hydrogens (tertiary/aromatic N) is 1. The number of barbiturate groups is 1. The van der Waals surface area contributed by atoms with Gasteiger partial charge in [-0.25, -0.2) is 14.1 Å². The van der Waals surface area contributed by atoms with Gasteiger partial charge in [0.25, 0.3) is 11.8 Å². The number of allylic oxidation sites excluding steroid dienone is 1. The molecule has 28 heavy (non-hydrogen) atoms. The number of phenolic OH excluding ortho intramolecular Hbond substituents is 1. The quantitative estimate of drug-likeness (QED) is 0.427. The van der Waals surface area contributed by atoms with Gasteiger partial charge in [-0.3, -0.25) is 14.9 Å². The van der Waals surface area contributed by atoms with Gasteiger partial charge < -0.3 is 5.11 Å². The van der Waals surface area contributed by atoms with Crippen LogP contribution in [0.1, 0.15) is 11.1 Å². The molecule has 0 aromatic heterocycles. The van der Waals surface area contributed by atoms with Gasteiger partial charge in [-0.2, -0.15) is 0 Å². The summed E-state index contributed by atoms with van der Waals surface area (Å²) in [5.74, 6) is -2.17. The Kier molecular flexibility index (Phi) is 5.41. The summed E-state index contributed by atoms with van der Waals surface area (Å²) in [5, 5.41) is 12.2. The first-order valence-corrected chi connectivity index (χ1v) is 8.90. The molecule has 0 bridgehead atoms. The van der Waals surface area contributed by atoms with Crippen molar-refractivity contribution in [2.75, 3.05) is 4.90 Å². The topological polar surface area (TPSA) is 86.7 Å². The van der Waals surface area contributed by atoms with Crippen LogP contribution >= 0.6 is 15.9 Å². The standard InChI is InChI=1S/C20H14BrFN2O4/c1-2-3-12-8-11(10-16(21)17(12)25)9-15-18(26)23-20(28)24(19(15)27)14-6-4-13(22)5-7-14/h2,4-10,25H,1,3H2,(H,23,26,28)/b15-9+. The van der Waals surface area contributed by atoms with Gasteiger partial charge in [-0.15, -0.1) is 6.58 Å². The van der Waals surface area contributed by atoms with Crippen molar-refractivity contribution in [3.63, 3.8) is 0 Å². The van der Waals surface area contributed by atoms with E-state index in [1.165, 1.54) is 24.3 Å². The van der Waals surface area contributed by atoms with Crippen LogP contribution in [0.5, 0.6) is 5.75 Å². The van der Waals surface area contributed by atoms with Crippen molar-refractivity contribution in [3.8, 4) is 5.75 Å². The van der Waals surface area contributed by atoms with Gasteiger partial charge in [0.1, 0.15) is 17.1 Å². The molecule has 2 aromatic carbocycles. The number of halogens is 2. The maximum Gasteiger partial charge on any atom is 0.335 e. The Morgan fingerprint density at radius 1 is 1.18 bits per heavy atom. The summed E-state index contributed by atoms with van der Waals surface area (Å²) in [5.41, 5.74) is 0.868. The van der Waals surface area contributed by atoms with Gasteiger partial charge in [-0.1, -0.05) is 6.08 Å². The number of phenols is 1. The largest absolute Gasteiger partial charge is 0.506 e. The third-order valence-corrected chi connectivity index (χ3v) is 4.63. The first kappa shape index (κ1) is 19.5. The van der Waals surface area contributed by atoms with E-state index in [9.17, 15) is 23.9 Å². The maximum absolute atomic E-state index is 13.1. The number of hydrogen-bond donors (Lipinski definition) is 2. The molecule has 6 nitrogen and oxygen atoms in total. The van der Waals surface area contributed by atoms with Crippen molar-refractivity contribution in [2.24, 2.45) is 0 Å². The molecule has 2 aromatic rings. The predicted octanol–water partition coefficient (Wildman–Crippen LogP) is 3.69. The van der Waals surface area contributed by atoms with Gasteiger partial charge in [0, 0.05) is 0 Å². The highest BCUT2D eigenvalue weighted by Crippen LogP contribution is 2.31. The minimum absolute atomic E-state index is 0.0320. The van der Waals surface area contributed by atoms with Gasteiger partial charge in [0.2, 0.25) is 0 Å². The Labute approximate surface area is 168 Å². The number of benzene rings is 2. The Balaban J connectivity index is 2.04. The molecular formula is C20H14BrFN2O4. The number of imide groups is 2. The highest BCUT2D eigenvalue weighted by atomic mass is 79.9. The molecule has 1 saturated heterocycles. The number of carbonyl (C=O) groups is 3. The molecule has 3 rings (SSSR count). The molecule has 0 radical (unpaired) electrons. The maximum atomic E-state index is 13.1. The number of aromatic hydroxyl groups is 1. The number of hydrogen-bond acceptors (Lipinski definition) is 4. The second kappa shape index (κ2) is 7.77. The lowest BCUT2D eigenvalue weighted by Gasteiger charge is -2.26. The molecule has 0 unspecified atom stereocenters. The summed E-state index contributed by atoms with van der Waals surface area (Å²) >= 11 is 3.23. The SMILES string of the molecule is C=CCc1cc(/C=C2\C(=O)NC(=O)N(c3ccc(F)cc3)C2=O)cc(Br)c1O. The highest BCUT2D eigenvalue weighted by Gasteiger charge is 2.36. The molecule has 1 fully saturated rings. The lowest BCUT2D eigenvalue weighted by Crippen LogP contribution is -2.54. The molecule has 0 spiro atoms. The molecule has 8 heteroatoms. The summed E-state index contributed by atoms with van der Waals surface area (Å²) in [6, 6.07) is 6.96. The second-order valence-corrected chi connectivity index (χ2v) is 6.79. The van der Waals surface area contributed by atoms with Crippen molar-refractivity contribution >= 4 is 45.5 Å². The van der Waals surface area contributed by atoms with Crippen molar-refractivity contribution in [1.82, 2.24) is 5.32 Å². The smallest absolute Gasteiger partial charge is 0.335 e. The molecular weight excluding hydrogens is 431 g/mol. The van der Waals surface area contributed by atoms with E-state index in [0.29, 0.717) is 22.0 Å². The number of anilines is 1. The van der Waals surface area contributed by atoms with Crippen LogP contribution in [0.4, 0.5) is 14.9 Å². The molecule has 0 aliphatic carbocycles. The monoisotopic (exact) mass is 444 g/mol. The molecule has 1 aliphatic heterocycles. The summed E-state index contributed by atoms with van der Waals surface area (Å²) in [6.07, 6.45) is 3.30. The lowest BCUT2D eigenvalue weighted by atomic mass is 10.0. The Morgan fingerprint density at radius 2 is 1.86 bits per heavy atom. The van der Waals surface area contributed by atoms with Gasteiger partial charge >= 0.3 is 6.03 Å². The summed E-state index contributed by atoms with van der Waals surface area (Å²) in [7, 11) is 0. The van der Waals surface area contributed by atoms with Crippen molar-refractivity contribution in [2.45, 2.75) is 6.42 Å². The van der Waals surface area contributed by atoms with Crippen LogP contribution in [-0.4, -0.2) is 23.0 Å². The van der Waals surface area contributed by atoms with Crippen LogP contribution in [0, 0.1) is 5.82 Å². The van der Waals surface area contributed by atoms with Crippen LogP contribution in [-0.2, 0) is 16.0 Å². The minimum Gasteiger partial charge on any atom is -0.506 e. The van der Waals surface area contributed by atoms with Gasteiger partial charge in [0.15, 0.2) is 0 Å². The van der Waals surface area contributed by atoms with Crippen molar-refractivity contribution in [1.29, 1.82) is 0 Å². The van der Waals surface area contributed by atoms with Crippen molar-refractivity contribution < 1.29 is 23.9 Å². The zero-order valence-electron chi connectivity index (χ0n) is 14.4. The second-order valence-electron chi connectivity index (χ2n) is 5.94. The fraction of sp³-hybridized carbons (Fsp3) is 0.0500. The van der Waals surface area contributed by atoms with Crippen LogP contribution in [0.15, 0.2) is 59.1 Å². The van der Waals surface area contributed by atoms with E-state index in [1.54, 1.807) is 12.1 Å². The summed E-state index contributed by atoms with van der Waals surface area (Å²) in [6.45, 7) is 3.62. The van der Waals surface area contributed by atoms with E-state index in [0.717, 1.165) is 17.0 Å². The Morgan fingerprint density at radius 3 is 2.50 bits per heavy atom. The van der Waals surface area contributed by atoms with E-state index < -0.39 is 23.7 Å². The third kappa shape index (κ3) is 3.72. The van der Waals surface area contributed by atoms with E-state index in [4.69, 9.17) is 0 Å². The molecule has 142 valence electrons. The predicted molar refractivity (Wildman–Crippen MR) is 105 cm³/mol. The summed E-state index contributed by atoms with van der Waals surface area (Å²) in [4.78, 5) is 37.9. The zero-order valence-corrected chi connectivity index (χ0v) is 16.0. The first-order valence-electron chi connectivity index (χ1n) is 8.11. The Hall–Kier alpha value is -3.26. The number of nitrogens with one attached hydrogen (secondary N) is 1. The van der Waals surface area contributed by atoms with Crippen molar-refractivity contribution in [3.05, 3.63) is 76.0 Å². The summed E-state index contributed by atoms with van der Waals surface area (Å²) < 4.78 is 13.5. The number of carbonyl (C=O) groups excluding carboxylic acids is 3. The first-order chi connectivity index (χ1) is 13.3. The van der Waals surface area contributed by atoms with E-state index in [1.807, 2.05) is 0 Å². The lowest BCUT2D eigenvalue weighted by molar-refractivity contribution is -0.122. The fourth-order valence-corrected chi connectivity index (χ4v) is 3.24. The van der Waals surface area contributed by atoms with E-state index >= 15 is 0 Å². The number of amides is 4. The van der Waals surface area contributed by atoms with Gasteiger partial charge in [-0.05, 0) is 76.0 Å². The molecule has 0 saturated carbocycles. The fourth-order valence-electron chi connectivity index (χ4n) is 2.72. The molecule has 1 heterocycles. The third-order valence-electron chi connectivity index (χ3n) is 4.03. The van der Waals surface area contributed by atoms with E-state index in [-0.39, 0.29) is 17.0 Å². The zero-order chi connectivity index (χ0) is 20.4. The minimum atomic E-state index is -0.919. The van der Waals surface area contributed by atoms with E-state index in [2.05, 4.69) is 27.8 Å². The van der Waals surface area contributed by atoms with Crippen LogP contribution in [0.3, 0.4) is 0 Å². The molecule has 2 N–H and O–H groups in total. The molecule has 0 atom stereocenters. The Bertz CT molecular complexity index is 1030. The molecule has 4 amide bonds. The molecule has 1 aliphatic rings. The average Bonchev–Trinajstić information content (AvgIpc) is 2.64. The van der Waals surface area contributed by atoms with Crippen LogP contribution < -0.4 is 10.2 Å².